The summed E-state index contributed by atoms with van der Waals surface area (Å²) in [6.07, 6.45) is 4.79. The van der Waals surface area contributed by atoms with Gasteiger partial charge >= 0.3 is 0 Å². The summed E-state index contributed by atoms with van der Waals surface area (Å²) in [5, 5.41) is 14.0. The predicted molar refractivity (Wildman–Crippen MR) is 69.6 cm³/mol. The van der Waals surface area contributed by atoms with E-state index in [1.54, 1.807) is 6.20 Å². The maximum Gasteiger partial charge on any atom is 0.138 e. The van der Waals surface area contributed by atoms with Crippen molar-refractivity contribution in [2.24, 2.45) is 5.92 Å². The molecule has 0 unspecified atom stereocenters. The van der Waals surface area contributed by atoms with Crippen LogP contribution < -0.4 is 0 Å². The Hall–Kier alpha value is -0.910. The molecule has 1 aliphatic heterocycles. The number of aliphatic hydroxyl groups excluding tert-OH is 1. The minimum Gasteiger partial charge on any atom is -0.393 e. The van der Waals surface area contributed by atoms with Crippen LogP contribution in [0.3, 0.4) is 0 Å². The minimum absolute atomic E-state index is 0.169. The largest absolute Gasteiger partial charge is 0.393 e. The molecule has 0 bridgehead atoms. The van der Waals surface area contributed by atoms with E-state index in [0.29, 0.717) is 12.0 Å². The van der Waals surface area contributed by atoms with Gasteiger partial charge in [0.25, 0.3) is 0 Å². The monoisotopic (exact) mass is 266 g/mol. The Morgan fingerprint density at radius 2 is 2.37 bits per heavy atom. The molecule has 0 aromatic carbocycles. The van der Waals surface area contributed by atoms with E-state index >= 15 is 0 Å². The first-order chi connectivity index (χ1) is 9.25. The van der Waals surface area contributed by atoms with Crippen molar-refractivity contribution in [2.45, 2.75) is 44.9 Å². The highest BCUT2D eigenvalue weighted by Gasteiger charge is 2.37. The van der Waals surface area contributed by atoms with Crippen LogP contribution in [0.4, 0.5) is 0 Å². The van der Waals surface area contributed by atoms with Gasteiger partial charge in [-0.15, -0.1) is 0 Å². The van der Waals surface area contributed by atoms with Gasteiger partial charge in [-0.3, -0.25) is 4.90 Å². The minimum atomic E-state index is -0.169. The molecule has 19 heavy (non-hydrogen) atoms. The highest BCUT2D eigenvalue weighted by atomic mass is 16.5. The van der Waals surface area contributed by atoms with Crippen LogP contribution in [0.1, 0.15) is 30.6 Å². The van der Waals surface area contributed by atoms with E-state index in [-0.39, 0.29) is 6.10 Å². The van der Waals surface area contributed by atoms with E-state index in [1.807, 2.05) is 6.92 Å². The molecule has 5 heteroatoms. The number of aromatic nitrogens is 1. The second kappa shape index (κ2) is 5.61. The summed E-state index contributed by atoms with van der Waals surface area (Å²) in [4.78, 5) is 2.42. The van der Waals surface area contributed by atoms with Crippen LogP contribution in [-0.2, 0) is 11.3 Å². The van der Waals surface area contributed by atoms with Gasteiger partial charge < -0.3 is 14.4 Å². The molecule has 1 aromatic heterocycles. The molecular formula is C14H22N2O3. The Bertz CT molecular complexity index is 421. The first-order valence-corrected chi connectivity index (χ1v) is 7.15. The fourth-order valence-corrected chi connectivity index (χ4v) is 3.36. The van der Waals surface area contributed by atoms with Crippen molar-refractivity contribution in [2.75, 3.05) is 19.8 Å². The Labute approximate surface area is 113 Å². The molecule has 0 amide bonds. The van der Waals surface area contributed by atoms with Crippen LogP contribution in [0.2, 0.25) is 0 Å². The van der Waals surface area contributed by atoms with E-state index in [0.717, 1.165) is 56.9 Å². The van der Waals surface area contributed by atoms with Crippen molar-refractivity contribution in [3.8, 4) is 0 Å². The van der Waals surface area contributed by atoms with Crippen molar-refractivity contribution in [1.29, 1.82) is 0 Å². The van der Waals surface area contributed by atoms with Gasteiger partial charge in [-0.05, 0) is 19.8 Å². The van der Waals surface area contributed by atoms with Crippen molar-refractivity contribution < 1.29 is 14.4 Å². The molecule has 0 spiro atoms. The number of nitrogens with zero attached hydrogens (tertiary/aromatic N) is 2. The molecule has 5 nitrogen and oxygen atoms in total. The number of aliphatic hydroxyl groups is 1. The summed E-state index contributed by atoms with van der Waals surface area (Å²) >= 11 is 0. The van der Waals surface area contributed by atoms with Crippen LogP contribution in [0, 0.1) is 12.8 Å². The molecule has 1 N–H and O–H groups in total. The fourth-order valence-electron chi connectivity index (χ4n) is 3.36. The highest BCUT2D eigenvalue weighted by Crippen LogP contribution is 2.32. The molecular weight excluding hydrogens is 244 g/mol. The number of rotatable bonds is 3. The van der Waals surface area contributed by atoms with Gasteiger partial charge in [0.05, 0.1) is 25.5 Å². The normalized spacial score (nSPS) is 32.8. The quantitative estimate of drug-likeness (QED) is 0.894. The van der Waals surface area contributed by atoms with Crippen molar-refractivity contribution in [3.05, 3.63) is 17.5 Å². The highest BCUT2D eigenvalue weighted by molar-refractivity contribution is 5.11. The van der Waals surface area contributed by atoms with Gasteiger partial charge in [-0.25, -0.2) is 0 Å². The molecule has 2 fully saturated rings. The predicted octanol–water partition coefficient (Wildman–Crippen LogP) is 1.34. The topological polar surface area (TPSA) is 58.7 Å². The third-order valence-electron chi connectivity index (χ3n) is 4.53. The van der Waals surface area contributed by atoms with E-state index in [4.69, 9.17) is 9.26 Å². The molecule has 106 valence electrons. The van der Waals surface area contributed by atoms with Crippen molar-refractivity contribution in [3.63, 3.8) is 0 Å². The van der Waals surface area contributed by atoms with Crippen LogP contribution in [0.5, 0.6) is 0 Å². The average Bonchev–Trinajstić information content (AvgIpc) is 3.00. The lowest BCUT2D eigenvalue weighted by atomic mass is 9.94. The lowest BCUT2D eigenvalue weighted by molar-refractivity contribution is -0.0537. The van der Waals surface area contributed by atoms with Crippen LogP contribution >= 0.6 is 0 Å². The van der Waals surface area contributed by atoms with E-state index in [9.17, 15) is 5.11 Å². The zero-order valence-corrected chi connectivity index (χ0v) is 11.4. The molecule has 0 radical (unpaired) electrons. The summed E-state index contributed by atoms with van der Waals surface area (Å²) < 4.78 is 10.8. The van der Waals surface area contributed by atoms with Crippen LogP contribution in [0.25, 0.3) is 0 Å². The van der Waals surface area contributed by atoms with Gasteiger partial charge in [0.2, 0.25) is 0 Å². The van der Waals surface area contributed by atoms with Gasteiger partial charge in [0.15, 0.2) is 0 Å². The summed E-state index contributed by atoms with van der Waals surface area (Å²) in [5.74, 6) is 1.23. The fraction of sp³-hybridized carbons (Fsp3) is 0.786. The second-order valence-corrected chi connectivity index (χ2v) is 5.68. The molecule has 3 atom stereocenters. The van der Waals surface area contributed by atoms with E-state index in [2.05, 4.69) is 10.1 Å². The zero-order chi connectivity index (χ0) is 13.2. The molecule has 1 saturated carbocycles. The number of ether oxygens (including phenoxy) is 1. The Kier molecular flexibility index (Phi) is 3.86. The number of aryl methyl sites for hydroxylation is 1. The maximum absolute atomic E-state index is 10.1. The standard InChI is InChI=1S/C14H22N2O3/c1-10-11(7-15-19-10)8-16-5-6-18-9-13(16)12-3-2-4-14(12)17/h7,12-14,17H,2-6,8-9H2,1H3/t12-,13+,14+/m0/s1. The average molecular weight is 266 g/mol. The molecule has 1 saturated heterocycles. The van der Waals surface area contributed by atoms with Crippen LogP contribution in [0.15, 0.2) is 10.7 Å². The SMILES string of the molecule is Cc1oncc1CN1CCOC[C@@H]1[C@@H]1CCC[C@H]1O. The van der Waals surface area contributed by atoms with E-state index in [1.165, 1.54) is 0 Å². The molecule has 1 aromatic rings. The number of morpholine rings is 1. The molecule has 2 heterocycles. The third kappa shape index (κ3) is 2.68. The number of hydrogen-bond donors (Lipinski definition) is 1. The molecule has 2 aliphatic rings. The summed E-state index contributed by atoms with van der Waals surface area (Å²) in [6, 6.07) is 0.320. The van der Waals surface area contributed by atoms with Gasteiger partial charge in [-0.1, -0.05) is 11.6 Å². The maximum atomic E-state index is 10.1. The molecule has 3 rings (SSSR count). The lowest BCUT2D eigenvalue weighted by Crippen LogP contribution is -2.50. The summed E-state index contributed by atoms with van der Waals surface area (Å²) in [5.41, 5.74) is 1.14. The van der Waals surface area contributed by atoms with Crippen molar-refractivity contribution in [1.82, 2.24) is 10.1 Å². The van der Waals surface area contributed by atoms with Gasteiger partial charge in [-0.2, -0.15) is 0 Å². The second-order valence-electron chi connectivity index (χ2n) is 5.68. The first kappa shape index (κ1) is 13.1. The van der Waals surface area contributed by atoms with Gasteiger partial charge in [0, 0.05) is 30.6 Å². The van der Waals surface area contributed by atoms with Crippen LogP contribution in [-0.4, -0.2) is 47.1 Å². The summed E-state index contributed by atoms with van der Waals surface area (Å²) in [7, 11) is 0. The van der Waals surface area contributed by atoms with Crippen molar-refractivity contribution >= 4 is 0 Å². The third-order valence-corrected chi connectivity index (χ3v) is 4.53. The number of hydrogen-bond acceptors (Lipinski definition) is 5. The zero-order valence-electron chi connectivity index (χ0n) is 11.4. The summed E-state index contributed by atoms with van der Waals surface area (Å²) in [6.45, 7) is 5.20. The lowest BCUT2D eigenvalue weighted by Gasteiger charge is -2.39. The van der Waals surface area contributed by atoms with E-state index < -0.39 is 0 Å². The Balaban J connectivity index is 1.72. The molecule has 1 aliphatic carbocycles. The smallest absolute Gasteiger partial charge is 0.138 e. The Morgan fingerprint density at radius 1 is 1.47 bits per heavy atom. The first-order valence-electron chi connectivity index (χ1n) is 7.15. The Morgan fingerprint density at radius 3 is 3.05 bits per heavy atom. The van der Waals surface area contributed by atoms with Gasteiger partial charge in [0.1, 0.15) is 5.76 Å².